The summed E-state index contributed by atoms with van der Waals surface area (Å²) in [4.78, 5) is 21.8. The second-order valence-corrected chi connectivity index (χ2v) is 9.82. The van der Waals surface area contributed by atoms with Crippen molar-refractivity contribution in [3.05, 3.63) is 72.8 Å². The van der Waals surface area contributed by atoms with E-state index >= 15 is 0 Å². The third-order valence-corrected chi connectivity index (χ3v) is 7.06. The number of aromatic nitrogens is 3. The fraction of sp³-hybridized carbons (Fsp3) is 0.429. The number of alkyl halides is 3. The van der Waals surface area contributed by atoms with Crippen molar-refractivity contribution < 1.29 is 37.0 Å². The number of rotatable bonds is 11. The van der Waals surface area contributed by atoms with Crippen LogP contribution in [0.15, 0.2) is 72.4 Å². The van der Waals surface area contributed by atoms with E-state index in [0.29, 0.717) is 30.9 Å². The van der Waals surface area contributed by atoms with Crippen molar-refractivity contribution in [2.24, 2.45) is 22.4 Å². The van der Waals surface area contributed by atoms with Gasteiger partial charge in [-0.3, -0.25) is 4.68 Å². The Hall–Kier alpha value is -4.09. The lowest BCUT2D eigenvalue weighted by atomic mass is 9.63. The molecule has 1 fully saturated rings. The first-order valence-corrected chi connectivity index (χ1v) is 12.8. The standard InChI is InChI=1S/C28H31F3N4O5/c1-27(14-15-38-26(36)20-6-4-3-5-7-20)13-12-21(24(25(27)34-37-2)16-35-19-32-18-33-35)17-39-22-8-10-23(11-9-22)40-28(29,30)31/h3-11,18-19,21,24H,12-17H2,1-2H3/t21-,24-,27?/m0/s1. The normalized spacial score (nSPS) is 22.1. The molecule has 0 spiro atoms. The highest BCUT2D eigenvalue weighted by atomic mass is 19.4. The van der Waals surface area contributed by atoms with Crippen LogP contribution in [0.25, 0.3) is 0 Å². The van der Waals surface area contributed by atoms with Crippen LogP contribution >= 0.6 is 0 Å². The van der Waals surface area contributed by atoms with E-state index < -0.39 is 11.8 Å². The molecule has 40 heavy (non-hydrogen) atoms. The minimum atomic E-state index is -4.76. The van der Waals surface area contributed by atoms with Gasteiger partial charge >= 0.3 is 12.3 Å². The van der Waals surface area contributed by atoms with Gasteiger partial charge in [0.25, 0.3) is 0 Å². The lowest BCUT2D eigenvalue weighted by molar-refractivity contribution is -0.274. The lowest BCUT2D eigenvalue weighted by Crippen LogP contribution is -2.46. The molecule has 1 aromatic heterocycles. The van der Waals surface area contributed by atoms with Crippen molar-refractivity contribution in [2.75, 3.05) is 20.3 Å². The molecule has 0 radical (unpaired) electrons. The first kappa shape index (κ1) is 28.9. The van der Waals surface area contributed by atoms with E-state index in [1.54, 1.807) is 35.3 Å². The number of hydrogen-bond donors (Lipinski definition) is 0. The molecule has 1 aliphatic carbocycles. The van der Waals surface area contributed by atoms with Crippen LogP contribution in [0, 0.1) is 17.3 Å². The number of halogens is 3. The molecule has 0 aliphatic heterocycles. The van der Waals surface area contributed by atoms with E-state index in [2.05, 4.69) is 26.9 Å². The zero-order chi connectivity index (χ0) is 28.6. The molecular formula is C28H31F3N4O5. The van der Waals surface area contributed by atoms with Gasteiger partial charge in [-0.15, -0.1) is 13.2 Å². The molecule has 0 saturated heterocycles. The summed E-state index contributed by atoms with van der Waals surface area (Å²) in [5.41, 5.74) is 0.863. The van der Waals surface area contributed by atoms with Crippen LogP contribution in [0.5, 0.6) is 11.5 Å². The van der Waals surface area contributed by atoms with E-state index in [1.807, 2.05) is 6.07 Å². The zero-order valence-corrected chi connectivity index (χ0v) is 22.2. The summed E-state index contributed by atoms with van der Waals surface area (Å²) in [6, 6.07) is 14.1. The third kappa shape index (κ3) is 7.73. The average molecular weight is 561 g/mol. The van der Waals surface area contributed by atoms with Gasteiger partial charge in [-0.2, -0.15) is 5.10 Å². The van der Waals surface area contributed by atoms with Crippen LogP contribution in [-0.4, -0.2) is 53.1 Å². The van der Waals surface area contributed by atoms with Gasteiger partial charge in [-0.05, 0) is 55.7 Å². The summed E-state index contributed by atoms with van der Waals surface area (Å²) >= 11 is 0. The van der Waals surface area contributed by atoms with Gasteiger partial charge in [0.15, 0.2) is 0 Å². The van der Waals surface area contributed by atoms with Gasteiger partial charge in [0.1, 0.15) is 31.3 Å². The van der Waals surface area contributed by atoms with Crippen molar-refractivity contribution in [1.29, 1.82) is 0 Å². The van der Waals surface area contributed by atoms with Gasteiger partial charge in [0.2, 0.25) is 0 Å². The maximum Gasteiger partial charge on any atom is 0.573 e. The topological polar surface area (TPSA) is 97.1 Å². The molecule has 214 valence electrons. The van der Waals surface area contributed by atoms with Crippen LogP contribution in [0.2, 0.25) is 0 Å². The molecule has 4 rings (SSSR count). The van der Waals surface area contributed by atoms with Crippen molar-refractivity contribution in [2.45, 2.75) is 39.1 Å². The summed E-state index contributed by atoms with van der Waals surface area (Å²) in [5, 5.41) is 8.70. The van der Waals surface area contributed by atoms with E-state index in [9.17, 15) is 18.0 Å². The number of carbonyl (C=O) groups is 1. The molecule has 0 bridgehead atoms. The Kier molecular flexibility index (Phi) is 9.28. The Morgan fingerprint density at radius 3 is 2.50 bits per heavy atom. The molecule has 1 saturated carbocycles. The molecule has 3 aromatic rings. The Morgan fingerprint density at radius 2 is 1.85 bits per heavy atom. The second kappa shape index (κ2) is 12.8. The van der Waals surface area contributed by atoms with Crippen molar-refractivity contribution in [1.82, 2.24) is 14.8 Å². The van der Waals surface area contributed by atoms with Crippen molar-refractivity contribution in [3.8, 4) is 11.5 Å². The zero-order valence-electron chi connectivity index (χ0n) is 22.2. The van der Waals surface area contributed by atoms with Crippen LogP contribution < -0.4 is 9.47 Å². The second-order valence-electron chi connectivity index (χ2n) is 9.82. The summed E-state index contributed by atoms with van der Waals surface area (Å²) in [6.45, 7) is 3.04. The van der Waals surface area contributed by atoms with Gasteiger partial charge in [-0.1, -0.05) is 30.3 Å². The molecule has 0 N–H and O–H groups in total. The Balaban J connectivity index is 1.46. The molecule has 3 atom stereocenters. The highest BCUT2D eigenvalue weighted by Gasteiger charge is 2.45. The van der Waals surface area contributed by atoms with Gasteiger partial charge in [-0.25, -0.2) is 9.78 Å². The number of nitrogens with zero attached hydrogens (tertiary/aromatic N) is 4. The molecule has 1 unspecified atom stereocenters. The average Bonchev–Trinajstić information content (AvgIpc) is 3.44. The number of oxime groups is 1. The number of hydrogen-bond acceptors (Lipinski definition) is 8. The van der Waals surface area contributed by atoms with E-state index in [1.165, 1.54) is 37.7 Å². The number of carbonyl (C=O) groups excluding carboxylic acids is 1. The molecular weight excluding hydrogens is 529 g/mol. The number of benzene rings is 2. The molecule has 1 aliphatic rings. The minimum absolute atomic E-state index is 0.0101. The Bertz CT molecular complexity index is 1250. The van der Waals surface area contributed by atoms with Gasteiger partial charge in [0, 0.05) is 17.3 Å². The van der Waals surface area contributed by atoms with Gasteiger partial charge < -0.3 is 19.0 Å². The third-order valence-electron chi connectivity index (χ3n) is 7.06. The van der Waals surface area contributed by atoms with Crippen LogP contribution in [-0.2, 0) is 16.1 Å². The molecule has 1 heterocycles. The SMILES string of the molecule is CON=C1[C@@H](Cn2cncn2)[C@H](COc2ccc(OC(F)(F)F)cc2)CCC1(C)CCOC(=O)c1ccccc1. The summed E-state index contributed by atoms with van der Waals surface area (Å²) < 4.78 is 54.6. The summed E-state index contributed by atoms with van der Waals surface area (Å²) in [5.74, 6) is -0.454. The predicted octanol–water partition coefficient (Wildman–Crippen LogP) is 5.54. The molecule has 9 nitrogen and oxygen atoms in total. The monoisotopic (exact) mass is 560 g/mol. The largest absolute Gasteiger partial charge is 0.573 e. The van der Waals surface area contributed by atoms with Crippen LogP contribution in [0.1, 0.15) is 36.5 Å². The first-order valence-electron chi connectivity index (χ1n) is 12.8. The highest BCUT2D eigenvalue weighted by Crippen LogP contribution is 2.43. The maximum atomic E-state index is 12.5. The number of ether oxygens (including phenoxy) is 3. The Morgan fingerprint density at radius 1 is 1.12 bits per heavy atom. The fourth-order valence-electron chi connectivity index (χ4n) is 4.96. The molecule has 2 aromatic carbocycles. The van der Waals surface area contributed by atoms with E-state index in [-0.39, 0.29) is 30.2 Å². The quantitative estimate of drug-likeness (QED) is 0.224. The highest BCUT2D eigenvalue weighted by molar-refractivity contribution is 5.93. The van der Waals surface area contributed by atoms with Gasteiger partial charge in [0.05, 0.1) is 31.0 Å². The number of esters is 1. The fourth-order valence-corrected chi connectivity index (χ4v) is 4.96. The van der Waals surface area contributed by atoms with Crippen molar-refractivity contribution in [3.63, 3.8) is 0 Å². The summed E-state index contributed by atoms with van der Waals surface area (Å²) in [6.07, 6.45) is 0.348. The Labute approximate surface area is 229 Å². The molecule has 0 amide bonds. The van der Waals surface area contributed by atoms with Crippen molar-refractivity contribution >= 4 is 11.7 Å². The summed E-state index contributed by atoms with van der Waals surface area (Å²) in [7, 11) is 1.49. The maximum absolute atomic E-state index is 12.5. The van der Waals surface area contributed by atoms with Crippen LogP contribution in [0.3, 0.4) is 0 Å². The minimum Gasteiger partial charge on any atom is -0.493 e. The lowest BCUT2D eigenvalue weighted by Gasteiger charge is -2.43. The smallest absolute Gasteiger partial charge is 0.493 e. The molecule has 12 heteroatoms. The van der Waals surface area contributed by atoms with Crippen LogP contribution in [0.4, 0.5) is 13.2 Å². The first-order chi connectivity index (χ1) is 19.2. The van der Waals surface area contributed by atoms with E-state index in [0.717, 1.165) is 18.6 Å². The predicted molar refractivity (Wildman–Crippen MR) is 139 cm³/mol. The van der Waals surface area contributed by atoms with E-state index in [4.69, 9.17) is 14.3 Å².